The predicted octanol–water partition coefficient (Wildman–Crippen LogP) is 3.34. The van der Waals surface area contributed by atoms with Gasteiger partial charge in [0.2, 0.25) is 0 Å². The second kappa shape index (κ2) is 9.17. The fourth-order valence-corrected chi connectivity index (χ4v) is 3.97. The number of rotatable bonds is 8. The minimum Gasteiger partial charge on any atom is -0.481 e. The number of carbonyl (C=O) groups is 3. The number of hydrogen-bond donors (Lipinski definition) is 1. The summed E-state index contributed by atoms with van der Waals surface area (Å²) in [5.74, 6) is -4.85. The van der Waals surface area contributed by atoms with Crippen molar-refractivity contribution < 1.29 is 29.0 Å². The number of benzene rings is 1. The summed E-state index contributed by atoms with van der Waals surface area (Å²) >= 11 is 0. The maximum atomic E-state index is 12.6. The molecule has 0 aliphatic heterocycles. The van der Waals surface area contributed by atoms with Gasteiger partial charge in [-0.2, -0.15) is 0 Å². The fourth-order valence-electron chi connectivity index (χ4n) is 3.26. The van der Waals surface area contributed by atoms with E-state index in [1.807, 2.05) is 30.3 Å². The van der Waals surface area contributed by atoms with E-state index in [0.29, 0.717) is 6.42 Å². The van der Waals surface area contributed by atoms with Gasteiger partial charge in [0.1, 0.15) is 6.61 Å². The molecule has 1 aliphatic rings. The van der Waals surface area contributed by atoms with Crippen molar-refractivity contribution in [1.82, 2.24) is 0 Å². The van der Waals surface area contributed by atoms with E-state index in [0.717, 1.165) is 11.6 Å². The van der Waals surface area contributed by atoms with Gasteiger partial charge in [0, 0.05) is 8.07 Å². The first-order valence-electron chi connectivity index (χ1n) is 9.29. The molecule has 0 unspecified atom stereocenters. The first-order chi connectivity index (χ1) is 12.7. The SMILES string of the molecule is C[Si](C)(C)CCOC(=O)[C@@H]1[C@@H](C(=O)OCc2ccccc2)CC[C@H]1C(=O)O. The molecule has 2 rings (SSSR count). The molecule has 6 nitrogen and oxygen atoms in total. The fraction of sp³-hybridized carbons (Fsp3) is 0.550. The van der Waals surface area contributed by atoms with Crippen molar-refractivity contribution in [3.8, 4) is 0 Å². The smallest absolute Gasteiger partial charge is 0.310 e. The number of esters is 2. The molecule has 1 N–H and O–H groups in total. The molecule has 1 saturated carbocycles. The molecule has 27 heavy (non-hydrogen) atoms. The molecular formula is C20H28O6Si. The third kappa shape index (κ3) is 6.20. The van der Waals surface area contributed by atoms with Crippen LogP contribution < -0.4 is 0 Å². The molecule has 1 aromatic rings. The molecule has 0 heterocycles. The molecule has 7 heteroatoms. The van der Waals surface area contributed by atoms with Gasteiger partial charge in [-0.1, -0.05) is 50.0 Å². The summed E-state index contributed by atoms with van der Waals surface area (Å²) in [7, 11) is -1.38. The van der Waals surface area contributed by atoms with Gasteiger partial charge < -0.3 is 14.6 Å². The number of hydrogen-bond acceptors (Lipinski definition) is 5. The Morgan fingerprint density at radius 1 is 1.00 bits per heavy atom. The summed E-state index contributed by atoms with van der Waals surface area (Å²) in [6.07, 6.45) is 0.590. The average Bonchev–Trinajstić information content (AvgIpc) is 3.05. The molecule has 1 aromatic carbocycles. The molecule has 1 aliphatic carbocycles. The molecule has 0 radical (unpaired) electrons. The molecule has 0 aromatic heterocycles. The van der Waals surface area contributed by atoms with Crippen molar-refractivity contribution in [2.75, 3.05) is 6.61 Å². The Labute approximate surface area is 160 Å². The van der Waals surface area contributed by atoms with Crippen LogP contribution in [0.25, 0.3) is 0 Å². The van der Waals surface area contributed by atoms with E-state index in [1.54, 1.807) is 0 Å². The second-order valence-corrected chi connectivity index (χ2v) is 13.8. The summed E-state index contributed by atoms with van der Waals surface area (Å²) in [4.78, 5) is 36.6. The maximum Gasteiger partial charge on any atom is 0.310 e. The lowest BCUT2D eigenvalue weighted by Crippen LogP contribution is -2.35. The van der Waals surface area contributed by atoms with Crippen molar-refractivity contribution >= 4 is 26.0 Å². The van der Waals surface area contributed by atoms with Gasteiger partial charge in [-0.15, -0.1) is 0 Å². The van der Waals surface area contributed by atoms with E-state index in [1.165, 1.54) is 0 Å². The first-order valence-corrected chi connectivity index (χ1v) is 13.0. The van der Waals surface area contributed by atoms with Crippen LogP contribution in [0, 0.1) is 17.8 Å². The van der Waals surface area contributed by atoms with Gasteiger partial charge in [0.15, 0.2) is 0 Å². The second-order valence-electron chi connectivity index (χ2n) is 8.23. The van der Waals surface area contributed by atoms with Gasteiger partial charge in [-0.3, -0.25) is 14.4 Å². The standard InChI is InChI=1S/C20H28O6Si/c1-27(2,3)12-11-25-20(24)17-15(18(21)22)9-10-16(17)19(23)26-13-14-7-5-4-6-8-14/h4-8,15-17H,9-13H2,1-3H3,(H,21,22)/t15-,16+,17+/m1/s1. The van der Waals surface area contributed by atoms with Crippen LogP contribution in [0.4, 0.5) is 0 Å². The lowest BCUT2D eigenvalue weighted by atomic mass is 9.89. The van der Waals surface area contributed by atoms with Gasteiger partial charge in [0.25, 0.3) is 0 Å². The molecule has 148 valence electrons. The third-order valence-corrected chi connectivity index (χ3v) is 6.57. The Morgan fingerprint density at radius 2 is 1.63 bits per heavy atom. The van der Waals surface area contributed by atoms with Crippen LogP contribution in [0.3, 0.4) is 0 Å². The van der Waals surface area contributed by atoms with Crippen LogP contribution >= 0.6 is 0 Å². The van der Waals surface area contributed by atoms with Gasteiger partial charge in [-0.05, 0) is 24.4 Å². The van der Waals surface area contributed by atoms with Crippen LogP contribution in [0.2, 0.25) is 25.7 Å². The van der Waals surface area contributed by atoms with Crippen LogP contribution in [0.1, 0.15) is 18.4 Å². The zero-order valence-corrected chi connectivity index (χ0v) is 17.1. The van der Waals surface area contributed by atoms with E-state index in [9.17, 15) is 19.5 Å². The molecule has 0 spiro atoms. The lowest BCUT2D eigenvalue weighted by molar-refractivity contribution is -0.164. The van der Waals surface area contributed by atoms with Crippen LogP contribution in [0.5, 0.6) is 0 Å². The molecule has 0 saturated heterocycles. The highest BCUT2D eigenvalue weighted by molar-refractivity contribution is 6.76. The van der Waals surface area contributed by atoms with E-state index >= 15 is 0 Å². The van der Waals surface area contributed by atoms with Gasteiger partial charge >= 0.3 is 17.9 Å². The number of carbonyl (C=O) groups excluding carboxylic acids is 2. The molecular weight excluding hydrogens is 364 g/mol. The zero-order chi connectivity index (χ0) is 20.0. The molecule has 0 amide bonds. The Bertz CT molecular complexity index is 667. The summed E-state index contributed by atoms with van der Waals surface area (Å²) in [5, 5.41) is 9.44. The summed E-state index contributed by atoms with van der Waals surface area (Å²) < 4.78 is 10.7. The Morgan fingerprint density at radius 3 is 2.22 bits per heavy atom. The first kappa shape index (κ1) is 21.2. The Kier molecular flexibility index (Phi) is 7.18. The summed E-state index contributed by atoms with van der Waals surface area (Å²) in [6, 6.07) is 10.0. The number of carboxylic acids is 1. The van der Waals surface area contributed by atoms with Crippen LogP contribution in [0.15, 0.2) is 30.3 Å². The highest BCUT2D eigenvalue weighted by Gasteiger charge is 2.49. The Hall–Kier alpha value is -2.15. The van der Waals surface area contributed by atoms with E-state index < -0.39 is 43.7 Å². The lowest BCUT2D eigenvalue weighted by Gasteiger charge is -2.22. The highest BCUT2D eigenvalue weighted by atomic mass is 28.3. The zero-order valence-electron chi connectivity index (χ0n) is 16.1. The number of ether oxygens (including phenoxy) is 2. The topological polar surface area (TPSA) is 89.9 Å². The summed E-state index contributed by atoms with van der Waals surface area (Å²) in [5.41, 5.74) is 0.841. The van der Waals surface area contributed by atoms with E-state index in [4.69, 9.17) is 9.47 Å². The highest BCUT2D eigenvalue weighted by Crippen LogP contribution is 2.39. The largest absolute Gasteiger partial charge is 0.481 e. The predicted molar refractivity (Wildman–Crippen MR) is 103 cm³/mol. The number of carboxylic acid groups (broad SMARTS) is 1. The Balaban J connectivity index is 2.01. The van der Waals surface area contributed by atoms with Crippen molar-refractivity contribution in [2.45, 2.75) is 45.1 Å². The van der Waals surface area contributed by atoms with Crippen LogP contribution in [-0.2, 0) is 30.5 Å². The van der Waals surface area contributed by atoms with Gasteiger partial charge in [0.05, 0.1) is 24.4 Å². The third-order valence-electron chi connectivity index (χ3n) is 4.87. The van der Waals surface area contributed by atoms with E-state index in [2.05, 4.69) is 19.6 Å². The number of aliphatic carboxylic acids is 1. The molecule has 1 fully saturated rings. The quantitative estimate of drug-likeness (QED) is 0.539. The minimum absolute atomic E-state index is 0.102. The monoisotopic (exact) mass is 392 g/mol. The van der Waals surface area contributed by atoms with Crippen molar-refractivity contribution in [3.05, 3.63) is 35.9 Å². The minimum atomic E-state index is -1.38. The maximum absolute atomic E-state index is 12.6. The normalized spacial score (nSPS) is 22.3. The van der Waals surface area contributed by atoms with Crippen molar-refractivity contribution in [3.63, 3.8) is 0 Å². The summed E-state index contributed by atoms with van der Waals surface area (Å²) in [6.45, 7) is 6.87. The average molecular weight is 393 g/mol. The molecule has 0 bridgehead atoms. The molecule has 3 atom stereocenters. The van der Waals surface area contributed by atoms with Gasteiger partial charge in [-0.25, -0.2) is 0 Å². The van der Waals surface area contributed by atoms with Crippen molar-refractivity contribution in [2.24, 2.45) is 17.8 Å². The van der Waals surface area contributed by atoms with Crippen molar-refractivity contribution in [1.29, 1.82) is 0 Å². The van der Waals surface area contributed by atoms with E-state index in [-0.39, 0.29) is 19.6 Å². The van der Waals surface area contributed by atoms with Crippen LogP contribution in [-0.4, -0.2) is 37.7 Å².